The third-order valence-corrected chi connectivity index (χ3v) is 4.57. The Morgan fingerprint density at radius 3 is 1.96 bits per heavy atom. The molecule has 1 aliphatic rings. The normalized spacial score (nSPS) is 12.3. The minimum atomic E-state index is -0.0674. The number of rotatable bonds is 2. The van der Waals surface area contributed by atoms with E-state index >= 15 is 0 Å². The van der Waals surface area contributed by atoms with E-state index < -0.39 is 0 Å². The minimum absolute atomic E-state index is 0.0674. The maximum atomic E-state index is 10.00. The molecule has 3 aromatic carbocycles. The zero-order chi connectivity index (χ0) is 17.4. The van der Waals surface area contributed by atoms with Gasteiger partial charge in [0.25, 0.3) is 0 Å². The van der Waals surface area contributed by atoms with Crippen molar-refractivity contribution >= 4 is 35.1 Å². The molecule has 0 saturated carbocycles. The van der Waals surface area contributed by atoms with Crippen LogP contribution in [0.5, 0.6) is 5.75 Å². The van der Waals surface area contributed by atoms with Crippen molar-refractivity contribution in [2.75, 3.05) is 0 Å². The van der Waals surface area contributed by atoms with E-state index in [1.54, 1.807) is 6.07 Å². The molecule has 0 heterocycles. The Kier molecular flexibility index (Phi) is 4.04. The van der Waals surface area contributed by atoms with E-state index in [2.05, 4.69) is 22.3 Å². The molecular formula is C20H12Cl2N2O. The fourth-order valence-electron chi connectivity index (χ4n) is 2.93. The highest BCUT2D eigenvalue weighted by Crippen LogP contribution is 2.36. The van der Waals surface area contributed by atoms with Crippen LogP contribution in [-0.4, -0.2) is 17.0 Å². The predicted molar refractivity (Wildman–Crippen MR) is 103 cm³/mol. The van der Waals surface area contributed by atoms with Gasteiger partial charge in [-0.2, -0.15) is 5.10 Å². The lowest BCUT2D eigenvalue weighted by atomic mass is 10.1. The Morgan fingerprint density at radius 1 is 0.800 bits per heavy atom. The smallest absolute Gasteiger partial charge is 0.143 e. The van der Waals surface area contributed by atoms with Crippen LogP contribution in [0.2, 0.25) is 10.0 Å². The first-order chi connectivity index (χ1) is 12.1. The quantitative estimate of drug-likeness (QED) is 0.366. The summed E-state index contributed by atoms with van der Waals surface area (Å²) in [5.74, 6) is -0.0674. The highest BCUT2D eigenvalue weighted by Gasteiger charge is 2.23. The van der Waals surface area contributed by atoms with Gasteiger partial charge in [0.15, 0.2) is 0 Å². The maximum absolute atomic E-state index is 10.00. The van der Waals surface area contributed by atoms with Gasteiger partial charge in [-0.1, -0.05) is 71.7 Å². The summed E-state index contributed by atoms with van der Waals surface area (Å²) < 4.78 is 0. The minimum Gasteiger partial charge on any atom is -0.506 e. The van der Waals surface area contributed by atoms with Crippen LogP contribution >= 0.6 is 23.2 Å². The van der Waals surface area contributed by atoms with Gasteiger partial charge in [0.1, 0.15) is 11.5 Å². The van der Waals surface area contributed by atoms with Crippen LogP contribution in [-0.2, 0) is 0 Å². The zero-order valence-corrected chi connectivity index (χ0v) is 14.5. The number of halogens is 2. The van der Waals surface area contributed by atoms with E-state index in [0.29, 0.717) is 10.6 Å². The Balaban J connectivity index is 1.78. The molecule has 1 N–H and O–H groups in total. The van der Waals surface area contributed by atoms with E-state index in [-0.39, 0.29) is 10.8 Å². The average Bonchev–Trinajstić information content (AvgIpc) is 2.93. The van der Waals surface area contributed by atoms with Crippen molar-refractivity contribution in [2.24, 2.45) is 10.2 Å². The number of benzene rings is 3. The molecule has 0 unspecified atom stereocenters. The topological polar surface area (TPSA) is 45.0 Å². The number of fused-ring (bicyclic) bond motifs is 3. The molecule has 5 heteroatoms. The molecule has 3 nitrogen and oxygen atoms in total. The van der Waals surface area contributed by atoms with Gasteiger partial charge in [-0.3, -0.25) is 0 Å². The predicted octanol–water partition coefficient (Wildman–Crippen LogP) is 5.55. The van der Waals surface area contributed by atoms with Crippen LogP contribution in [0.3, 0.4) is 0 Å². The van der Waals surface area contributed by atoms with Gasteiger partial charge in [0.2, 0.25) is 0 Å². The molecule has 0 radical (unpaired) electrons. The van der Waals surface area contributed by atoms with E-state index in [1.165, 1.54) is 12.3 Å². The molecule has 3 aromatic rings. The van der Waals surface area contributed by atoms with Crippen LogP contribution in [0, 0.1) is 0 Å². The SMILES string of the molecule is Oc1c(Cl)cc(Cl)cc1/C=N\N=C1c2ccccc2-c2ccccc21. The molecule has 0 spiro atoms. The van der Waals surface area contributed by atoms with Gasteiger partial charge in [-0.05, 0) is 23.3 Å². The molecule has 0 aromatic heterocycles. The Bertz CT molecular complexity index is 994. The Labute approximate surface area is 154 Å². The number of hydrogen-bond donors (Lipinski definition) is 1. The van der Waals surface area contributed by atoms with Crippen molar-refractivity contribution in [3.63, 3.8) is 0 Å². The number of aromatic hydroxyl groups is 1. The van der Waals surface area contributed by atoms with Crippen molar-refractivity contribution in [1.82, 2.24) is 0 Å². The first-order valence-electron chi connectivity index (χ1n) is 7.63. The summed E-state index contributed by atoms with van der Waals surface area (Å²) in [4.78, 5) is 0. The molecule has 25 heavy (non-hydrogen) atoms. The lowest BCUT2D eigenvalue weighted by Crippen LogP contribution is -1.97. The monoisotopic (exact) mass is 366 g/mol. The molecular weight excluding hydrogens is 355 g/mol. The summed E-state index contributed by atoms with van der Waals surface area (Å²) in [5.41, 5.74) is 5.57. The second-order valence-corrected chi connectivity index (χ2v) is 6.45. The lowest BCUT2D eigenvalue weighted by molar-refractivity contribution is 0.474. The van der Waals surface area contributed by atoms with E-state index in [1.807, 2.05) is 36.4 Å². The molecule has 0 saturated heterocycles. The van der Waals surface area contributed by atoms with Gasteiger partial charge in [-0.25, -0.2) is 0 Å². The summed E-state index contributed by atoms with van der Waals surface area (Å²) in [7, 11) is 0. The lowest BCUT2D eigenvalue weighted by Gasteiger charge is -2.02. The molecule has 0 bridgehead atoms. The van der Waals surface area contributed by atoms with Crippen LogP contribution < -0.4 is 0 Å². The summed E-state index contributed by atoms with van der Waals surface area (Å²) in [5, 5.41) is 19.1. The fraction of sp³-hybridized carbons (Fsp3) is 0. The third kappa shape index (κ3) is 2.82. The van der Waals surface area contributed by atoms with Gasteiger partial charge in [-0.15, -0.1) is 5.10 Å². The van der Waals surface area contributed by atoms with Crippen molar-refractivity contribution in [3.05, 3.63) is 87.4 Å². The summed E-state index contributed by atoms with van der Waals surface area (Å²) in [6.45, 7) is 0. The van der Waals surface area contributed by atoms with E-state index in [0.717, 1.165) is 28.0 Å². The van der Waals surface area contributed by atoms with Crippen LogP contribution in [0.25, 0.3) is 11.1 Å². The van der Waals surface area contributed by atoms with E-state index in [9.17, 15) is 5.11 Å². The second-order valence-electron chi connectivity index (χ2n) is 5.61. The van der Waals surface area contributed by atoms with Gasteiger partial charge < -0.3 is 5.11 Å². The van der Waals surface area contributed by atoms with Crippen LogP contribution in [0.1, 0.15) is 16.7 Å². The number of phenolic OH excluding ortho intramolecular Hbond substituents is 1. The first kappa shape index (κ1) is 15.9. The molecule has 0 atom stereocenters. The van der Waals surface area contributed by atoms with Crippen LogP contribution in [0.4, 0.5) is 0 Å². The average molecular weight is 367 g/mol. The van der Waals surface area contributed by atoms with Crippen molar-refractivity contribution in [1.29, 1.82) is 0 Å². The highest BCUT2D eigenvalue weighted by atomic mass is 35.5. The third-order valence-electron chi connectivity index (χ3n) is 4.07. The van der Waals surface area contributed by atoms with Gasteiger partial charge >= 0.3 is 0 Å². The zero-order valence-electron chi connectivity index (χ0n) is 12.9. The molecule has 4 rings (SSSR count). The molecule has 0 aliphatic heterocycles. The summed E-state index contributed by atoms with van der Waals surface area (Å²) in [6.07, 6.45) is 1.45. The highest BCUT2D eigenvalue weighted by molar-refractivity contribution is 6.36. The number of phenols is 1. The second kappa shape index (κ2) is 6.36. The molecule has 0 amide bonds. The summed E-state index contributed by atoms with van der Waals surface area (Å²) in [6, 6.07) is 19.2. The van der Waals surface area contributed by atoms with Crippen LogP contribution in [0.15, 0.2) is 70.9 Å². The van der Waals surface area contributed by atoms with Gasteiger partial charge in [0, 0.05) is 21.7 Å². The van der Waals surface area contributed by atoms with Crippen molar-refractivity contribution in [3.8, 4) is 16.9 Å². The fourth-order valence-corrected chi connectivity index (χ4v) is 3.44. The molecule has 1 aliphatic carbocycles. The maximum Gasteiger partial charge on any atom is 0.143 e. The Hall–Kier alpha value is -2.62. The molecule has 122 valence electrons. The largest absolute Gasteiger partial charge is 0.506 e. The van der Waals surface area contributed by atoms with Crippen molar-refractivity contribution < 1.29 is 5.11 Å². The standard InChI is InChI=1S/C20H12Cl2N2O/c21-13-9-12(20(25)18(22)10-13)11-23-24-19-16-7-3-1-5-14(16)15-6-2-4-8-17(15)19/h1-11,25H/b23-11-. The Morgan fingerprint density at radius 2 is 1.36 bits per heavy atom. The molecule has 0 fully saturated rings. The number of nitrogens with zero attached hydrogens (tertiary/aromatic N) is 2. The summed E-state index contributed by atoms with van der Waals surface area (Å²) >= 11 is 11.9. The van der Waals surface area contributed by atoms with E-state index in [4.69, 9.17) is 23.2 Å². The first-order valence-corrected chi connectivity index (χ1v) is 8.39. The number of hydrogen-bond acceptors (Lipinski definition) is 3. The van der Waals surface area contributed by atoms with Crippen molar-refractivity contribution in [2.45, 2.75) is 0 Å². The van der Waals surface area contributed by atoms with Gasteiger partial charge in [0.05, 0.1) is 11.2 Å².